The van der Waals surface area contributed by atoms with E-state index in [0.717, 1.165) is 16.9 Å². The van der Waals surface area contributed by atoms with E-state index in [1.165, 1.54) is 37.6 Å². The molecule has 0 spiro atoms. The van der Waals surface area contributed by atoms with Gasteiger partial charge in [0.15, 0.2) is 0 Å². The summed E-state index contributed by atoms with van der Waals surface area (Å²) >= 11 is 0. The molecule has 6 N–H and O–H groups in total. The minimum Gasteiger partial charge on any atom is -0.367 e. The summed E-state index contributed by atoms with van der Waals surface area (Å²) in [6.07, 6.45) is 8.00. The van der Waals surface area contributed by atoms with Crippen LogP contribution in [-0.4, -0.2) is 40.6 Å². The Hall–Kier alpha value is -3.41. The summed E-state index contributed by atoms with van der Waals surface area (Å²) in [5.41, 5.74) is 8.81. The van der Waals surface area contributed by atoms with Gasteiger partial charge >= 0.3 is 0 Å². The van der Waals surface area contributed by atoms with E-state index < -0.39 is 17.9 Å². The van der Waals surface area contributed by atoms with Crippen LogP contribution in [0.4, 0.5) is 5.82 Å². The van der Waals surface area contributed by atoms with E-state index in [1.54, 1.807) is 30.5 Å². The zero-order chi connectivity index (χ0) is 22.1. The molecular weight excluding hydrogens is 394 g/mol. The van der Waals surface area contributed by atoms with Gasteiger partial charge in [0.05, 0.1) is 0 Å². The van der Waals surface area contributed by atoms with E-state index in [-0.39, 0.29) is 6.54 Å². The maximum absolute atomic E-state index is 12.2. The van der Waals surface area contributed by atoms with Crippen molar-refractivity contribution in [1.82, 2.24) is 15.8 Å². The molecule has 0 radical (unpaired) electrons. The van der Waals surface area contributed by atoms with Crippen LogP contribution in [-0.2, 0) is 4.79 Å². The van der Waals surface area contributed by atoms with Gasteiger partial charge in [-0.15, -0.1) is 0 Å². The van der Waals surface area contributed by atoms with Gasteiger partial charge in [0.2, 0.25) is 0 Å². The van der Waals surface area contributed by atoms with Gasteiger partial charge in [0, 0.05) is 35.5 Å². The van der Waals surface area contributed by atoms with Gasteiger partial charge in [-0.2, -0.15) is 0 Å². The number of nitrogens with two attached hydrogens (primary N) is 1. The van der Waals surface area contributed by atoms with Gasteiger partial charge < -0.3 is 16.4 Å². The normalized spacial score (nSPS) is 14.6. The van der Waals surface area contributed by atoms with Crippen molar-refractivity contribution in [2.75, 3.05) is 11.9 Å². The van der Waals surface area contributed by atoms with Gasteiger partial charge in [0.25, 0.3) is 11.8 Å². The van der Waals surface area contributed by atoms with Gasteiger partial charge in [-0.05, 0) is 49.2 Å². The fraction of sp³-hybridized carbons (Fsp3) is 0.348. The molecule has 2 amide bonds. The summed E-state index contributed by atoms with van der Waals surface area (Å²) in [5.74, 6) is 5.75. The average Bonchev–Trinajstić information content (AvgIpc) is 2.82. The highest BCUT2D eigenvalue weighted by molar-refractivity contribution is 5.97. The van der Waals surface area contributed by atoms with Crippen molar-refractivity contribution in [3.05, 3.63) is 59.3 Å². The molecule has 1 saturated carbocycles. The van der Waals surface area contributed by atoms with E-state index in [4.69, 9.17) is 10.9 Å². The molecule has 1 atom stereocenters. The lowest BCUT2D eigenvalue weighted by Crippen LogP contribution is -2.50. The highest BCUT2D eigenvalue weighted by atomic mass is 16.5. The van der Waals surface area contributed by atoms with Crippen molar-refractivity contribution < 1.29 is 14.8 Å². The molecule has 31 heavy (non-hydrogen) atoms. The number of hydroxylamine groups is 1. The monoisotopic (exact) mass is 421 g/mol. The summed E-state index contributed by atoms with van der Waals surface area (Å²) in [6, 6.07) is 10.0. The number of nitrogens with zero attached hydrogens (tertiary/aromatic N) is 1. The minimum absolute atomic E-state index is 0.134. The first kappa shape index (κ1) is 22.3. The van der Waals surface area contributed by atoms with Crippen LogP contribution in [0.25, 0.3) is 0 Å². The lowest BCUT2D eigenvalue weighted by atomic mass is 9.95. The van der Waals surface area contributed by atoms with Crippen LogP contribution in [0.5, 0.6) is 0 Å². The zero-order valence-corrected chi connectivity index (χ0v) is 17.2. The average molecular weight is 422 g/mol. The van der Waals surface area contributed by atoms with Crippen molar-refractivity contribution in [1.29, 1.82) is 0 Å². The molecule has 0 unspecified atom stereocenters. The molecule has 162 valence electrons. The topological polar surface area (TPSA) is 129 Å². The molecular formula is C23H27N5O3. The number of nitrogens with one attached hydrogen (secondary N) is 3. The first-order chi connectivity index (χ1) is 15.1. The molecule has 1 fully saturated rings. The van der Waals surface area contributed by atoms with Gasteiger partial charge in [-0.1, -0.05) is 31.1 Å². The smallest absolute Gasteiger partial charge is 0.267 e. The number of hydrogen-bond acceptors (Lipinski definition) is 6. The number of aromatic nitrogens is 1. The van der Waals surface area contributed by atoms with Crippen LogP contribution < -0.4 is 21.8 Å². The Morgan fingerprint density at radius 2 is 1.74 bits per heavy atom. The third-order valence-electron chi connectivity index (χ3n) is 5.19. The molecule has 0 bridgehead atoms. The number of hydrogen-bond donors (Lipinski definition) is 5. The summed E-state index contributed by atoms with van der Waals surface area (Å²) in [7, 11) is 0. The number of amides is 2. The van der Waals surface area contributed by atoms with Crippen molar-refractivity contribution in [2.24, 2.45) is 5.73 Å². The van der Waals surface area contributed by atoms with Crippen LogP contribution in [0.3, 0.4) is 0 Å². The van der Waals surface area contributed by atoms with E-state index in [9.17, 15) is 9.59 Å². The van der Waals surface area contributed by atoms with Crippen LogP contribution in [0.15, 0.2) is 42.6 Å². The lowest BCUT2D eigenvalue weighted by Gasteiger charge is -2.23. The molecule has 0 saturated heterocycles. The number of pyridine rings is 1. The molecule has 1 aliphatic carbocycles. The highest BCUT2D eigenvalue weighted by Gasteiger charge is 2.19. The third-order valence-corrected chi connectivity index (χ3v) is 5.19. The Morgan fingerprint density at radius 3 is 2.35 bits per heavy atom. The van der Waals surface area contributed by atoms with E-state index in [0.29, 0.717) is 11.6 Å². The van der Waals surface area contributed by atoms with Crippen molar-refractivity contribution >= 4 is 17.6 Å². The Bertz CT molecular complexity index is 942. The van der Waals surface area contributed by atoms with Gasteiger partial charge in [0.1, 0.15) is 11.9 Å². The Kier molecular flexibility index (Phi) is 7.98. The van der Waals surface area contributed by atoms with Crippen LogP contribution >= 0.6 is 0 Å². The first-order valence-corrected chi connectivity index (χ1v) is 10.4. The molecule has 1 aromatic heterocycles. The summed E-state index contributed by atoms with van der Waals surface area (Å²) in [4.78, 5) is 28.1. The summed E-state index contributed by atoms with van der Waals surface area (Å²) < 4.78 is 0. The zero-order valence-electron chi connectivity index (χ0n) is 17.2. The third kappa shape index (κ3) is 6.54. The predicted octanol–water partition coefficient (Wildman–Crippen LogP) is 1.79. The Morgan fingerprint density at radius 1 is 1.06 bits per heavy atom. The maximum Gasteiger partial charge on any atom is 0.267 e. The Labute approximate surface area is 181 Å². The number of carbonyl (C=O) groups is 2. The van der Waals surface area contributed by atoms with Gasteiger partial charge in [-0.3, -0.25) is 14.8 Å². The van der Waals surface area contributed by atoms with Crippen LogP contribution in [0.2, 0.25) is 0 Å². The quantitative estimate of drug-likeness (QED) is 0.275. The molecule has 8 heteroatoms. The number of benzene rings is 1. The maximum atomic E-state index is 12.2. The number of anilines is 1. The summed E-state index contributed by atoms with van der Waals surface area (Å²) in [5, 5.41) is 14.6. The fourth-order valence-corrected chi connectivity index (χ4v) is 3.41. The summed E-state index contributed by atoms with van der Waals surface area (Å²) in [6.45, 7) is -0.134. The van der Waals surface area contributed by atoms with E-state index in [2.05, 4.69) is 27.5 Å². The highest BCUT2D eigenvalue weighted by Crippen LogP contribution is 2.20. The van der Waals surface area contributed by atoms with Crippen LogP contribution in [0, 0.1) is 11.8 Å². The number of carbonyl (C=O) groups excluding carboxylic acids is 2. The van der Waals surface area contributed by atoms with Gasteiger partial charge in [-0.25, -0.2) is 10.5 Å². The predicted molar refractivity (Wildman–Crippen MR) is 117 cm³/mol. The molecule has 1 aliphatic rings. The fourth-order valence-electron chi connectivity index (χ4n) is 3.41. The lowest BCUT2D eigenvalue weighted by molar-refractivity contribution is -0.130. The van der Waals surface area contributed by atoms with Crippen LogP contribution in [0.1, 0.15) is 53.6 Å². The Balaban J connectivity index is 1.57. The molecule has 0 aliphatic heterocycles. The second-order valence-electron chi connectivity index (χ2n) is 7.48. The molecule has 8 nitrogen and oxygen atoms in total. The molecule has 1 heterocycles. The largest absolute Gasteiger partial charge is 0.367 e. The van der Waals surface area contributed by atoms with E-state index >= 15 is 0 Å². The second-order valence-corrected chi connectivity index (χ2v) is 7.48. The standard InChI is InChI=1S/C23H27N5O3/c24-14-20(23(30)28-31)27-22(29)18-11-8-16(9-12-18)6-7-17-10-13-21(25-15-17)26-19-4-2-1-3-5-19/h8-13,15,19-20,31H,1-5,14,24H2,(H,25,26)(H,27,29)(H,28,30)/t20-/m0/s1. The first-order valence-electron chi connectivity index (χ1n) is 10.4. The van der Waals surface area contributed by atoms with Crippen molar-refractivity contribution in [3.8, 4) is 11.8 Å². The molecule has 3 rings (SSSR count). The number of rotatable bonds is 6. The minimum atomic E-state index is -1.01. The van der Waals surface area contributed by atoms with E-state index in [1.807, 2.05) is 12.1 Å². The second kappa shape index (κ2) is 11.1. The molecule has 1 aromatic carbocycles. The molecule has 2 aromatic rings. The van der Waals surface area contributed by atoms with Crippen molar-refractivity contribution in [2.45, 2.75) is 44.2 Å². The van der Waals surface area contributed by atoms with Crippen molar-refractivity contribution in [3.63, 3.8) is 0 Å². The SMILES string of the molecule is NC[C@H](NC(=O)c1ccc(C#Cc2ccc(NC3CCCCC3)nc2)cc1)C(=O)NO.